The number of amides is 2. The fraction of sp³-hybridized carbons (Fsp3) is 0.364. The van der Waals surface area contributed by atoms with Crippen LogP contribution in [0.2, 0.25) is 0 Å². The SMILES string of the molecule is Cc1cccc(C(C)C)c1NC(=O)C(=O)Nc1c(C)cccc1C(C)C. The Morgan fingerprint density at radius 2 is 1.04 bits per heavy atom. The van der Waals surface area contributed by atoms with Gasteiger partial charge < -0.3 is 10.6 Å². The standard InChI is InChI=1S/C22H28N2O2/c1-13(2)17-11-7-9-15(5)19(17)23-21(25)22(26)24-20-16(6)10-8-12-18(20)14(3)4/h7-14H,1-6H3,(H,23,25)(H,24,26). The summed E-state index contributed by atoms with van der Waals surface area (Å²) >= 11 is 0. The molecule has 0 aromatic heterocycles. The molecular weight excluding hydrogens is 324 g/mol. The van der Waals surface area contributed by atoms with Crippen molar-refractivity contribution >= 4 is 23.2 Å². The molecule has 4 heteroatoms. The summed E-state index contributed by atoms with van der Waals surface area (Å²) in [7, 11) is 0. The average molecular weight is 352 g/mol. The maximum Gasteiger partial charge on any atom is 0.314 e. The van der Waals surface area contributed by atoms with Gasteiger partial charge in [-0.2, -0.15) is 0 Å². The van der Waals surface area contributed by atoms with Crippen molar-refractivity contribution < 1.29 is 9.59 Å². The summed E-state index contributed by atoms with van der Waals surface area (Å²) in [5.41, 5.74) is 5.36. The van der Waals surface area contributed by atoms with Crippen molar-refractivity contribution in [3.63, 3.8) is 0 Å². The summed E-state index contributed by atoms with van der Waals surface area (Å²) in [5.74, 6) is -0.812. The van der Waals surface area contributed by atoms with Gasteiger partial charge in [-0.3, -0.25) is 9.59 Å². The van der Waals surface area contributed by atoms with Gasteiger partial charge >= 0.3 is 11.8 Å². The lowest BCUT2D eigenvalue weighted by molar-refractivity contribution is -0.133. The third-order valence-electron chi connectivity index (χ3n) is 4.54. The van der Waals surface area contributed by atoms with Crippen molar-refractivity contribution in [1.29, 1.82) is 0 Å². The summed E-state index contributed by atoms with van der Waals surface area (Å²) in [6.07, 6.45) is 0. The van der Waals surface area contributed by atoms with Gasteiger partial charge in [0.05, 0.1) is 0 Å². The number of hydrogen-bond donors (Lipinski definition) is 2. The van der Waals surface area contributed by atoms with Gasteiger partial charge in [-0.15, -0.1) is 0 Å². The second kappa shape index (κ2) is 8.17. The molecular formula is C22H28N2O2. The second-order valence-corrected chi connectivity index (χ2v) is 7.30. The molecule has 0 saturated heterocycles. The zero-order valence-electron chi connectivity index (χ0n) is 16.4. The minimum absolute atomic E-state index is 0.247. The first kappa shape index (κ1) is 19.7. The van der Waals surface area contributed by atoms with Gasteiger partial charge in [-0.1, -0.05) is 64.1 Å². The Balaban J connectivity index is 2.25. The molecule has 0 atom stereocenters. The summed E-state index contributed by atoms with van der Waals surface area (Å²) in [5, 5.41) is 5.59. The number of hydrogen-bond acceptors (Lipinski definition) is 2. The zero-order valence-corrected chi connectivity index (χ0v) is 16.4. The van der Waals surface area contributed by atoms with Gasteiger partial charge in [-0.05, 0) is 47.9 Å². The molecule has 0 bridgehead atoms. The molecule has 0 saturated carbocycles. The Morgan fingerprint density at radius 3 is 1.35 bits per heavy atom. The minimum Gasteiger partial charge on any atom is -0.317 e. The van der Waals surface area contributed by atoms with E-state index < -0.39 is 11.8 Å². The molecule has 2 aromatic rings. The van der Waals surface area contributed by atoms with Crippen LogP contribution in [0.1, 0.15) is 61.8 Å². The van der Waals surface area contributed by atoms with Crippen LogP contribution in [0.5, 0.6) is 0 Å². The molecule has 0 unspecified atom stereocenters. The zero-order chi connectivity index (χ0) is 19.4. The Hall–Kier alpha value is -2.62. The maximum atomic E-state index is 12.5. The van der Waals surface area contributed by atoms with Crippen molar-refractivity contribution in [3.05, 3.63) is 58.7 Å². The van der Waals surface area contributed by atoms with E-state index in [4.69, 9.17) is 0 Å². The number of anilines is 2. The van der Waals surface area contributed by atoms with Crippen LogP contribution in [-0.2, 0) is 9.59 Å². The quantitative estimate of drug-likeness (QED) is 0.750. The largest absolute Gasteiger partial charge is 0.317 e. The highest BCUT2D eigenvalue weighted by Gasteiger charge is 2.20. The Bertz CT molecular complexity index is 753. The molecule has 0 heterocycles. The van der Waals surface area contributed by atoms with E-state index in [1.807, 2.05) is 50.2 Å². The van der Waals surface area contributed by atoms with Crippen LogP contribution in [-0.4, -0.2) is 11.8 Å². The number of nitrogens with one attached hydrogen (secondary N) is 2. The first-order chi connectivity index (χ1) is 12.2. The van der Waals surface area contributed by atoms with Crippen LogP contribution >= 0.6 is 0 Å². The van der Waals surface area contributed by atoms with Crippen molar-refractivity contribution in [1.82, 2.24) is 0 Å². The average Bonchev–Trinajstić information content (AvgIpc) is 2.57. The van der Waals surface area contributed by atoms with Gasteiger partial charge in [0.2, 0.25) is 0 Å². The summed E-state index contributed by atoms with van der Waals surface area (Å²) in [6, 6.07) is 11.7. The third kappa shape index (κ3) is 4.31. The highest BCUT2D eigenvalue weighted by atomic mass is 16.2. The maximum absolute atomic E-state index is 12.5. The molecule has 2 N–H and O–H groups in total. The molecule has 4 nitrogen and oxygen atoms in total. The van der Waals surface area contributed by atoms with E-state index in [0.717, 1.165) is 33.6 Å². The Kier molecular flexibility index (Phi) is 6.19. The molecule has 0 aliphatic heterocycles. The molecule has 0 aliphatic carbocycles. The van der Waals surface area contributed by atoms with Crippen LogP contribution in [0, 0.1) is 13.8 Å². The van der Waals surface area contributed by atoms with Gasteiger partial charge in [0.1, 0.15) is 0 Å². The number of benzene rings is 2. The van der Waals surface area contributed by atoms with Crippen LogP contribution in [0.25, 0.3) is 0 Å². The minimum atomic E-state index is -0.654. The smallest absolute Gasteiger partial charge is 0.314 e. The Labute approximate surface area is 156 Å². The molecule has 0 spiro atoms. The topological polar surface area (TPSA) is 58.2 Å². The number of para-hydroxylation sites is 2. The first-order valence-corrected chi connectivity index (χ1v) is 9.03. The molecule has 0 radical (unpaired) electrons. The predicted octanol–water partition coefficient (Wildman–Crippen LogP) is 5.13. The van der Waals surface area contributed by atoms with E-state index in [-0.39, 0.29) is 11.8 Å². The van der Waals surface area contributed by atoms with Crippen molar-refractivity contribution in [2.24, 2.45) is 0 Å². The van der Waals surface area contributed by atoms with Crippen molar-refractivity contribution in [3.8, 4) is 0 Å². The van der Waals surface area contributed by atoms with Crippen molar-refractivity contribution in [2.45, 2.75) is 53.4 Å². The summed E-state index contributed by atoms with van der Waals surface area (Å²) < 4.78 is 0. The van der Waals surface area contributed by atoms with Gasteiger partial charge in [-0.25, -0.2) is 0 Å². The normalized spacial score (nSPS) is 10.9. The van der Waals surface area contributed by atoms with E-state index in [0.29, 0.717) is 0 Å². The van der Waals surface area contributed by atoms with Gasteiger partial charge in [0.25, 0.3) is 0 Å². The monoisotopic (exact) mass is 352 g/mol. The second-order valence-electron chi connectivity index (χ2n) is 7.30. The van der Waals surface area contributed by atoms with E-state index >= 15 is 0 Å². The molecule has 26 heavy (non-hydrogen) atoms. The summed E-state index contributed by atoms with van der Waals surface area (Å²) in [4.78, 5) is 25.0. The fourth-order valence-electron chi connectivity index (χ4n) is 3.03. The van der Waals surface area contributed by atoms with E-state index in [1.54, 1.807) is 0 Å². The van der Waals surface area contributed by atoms with Gasteiger partial charge in [0, 0.05) is 11.4 Å². The van der Waals surface area contributed by atoms with E-state index in [1.165, 1.54) is 0 Å². The first-order valence-electron chi connectivity index (χ1n) is 9.03. The lowest BCUT2D eigenvalue weighted by atomic mass is 9.98. The fourth-order valence-corrected chi connectivity index (χ4v) is 3.03. The molecule has 138 valence electrons. The summed E-state index contributed by atoms with van der Waals surface area (Å²) in [6.45, 7) is 12.1. The van der Waals surface area contributed by atoms with E-state index in [9.17, 15) is 9.59 Å². The number of rotatable bonds is 4. The predicted molar refractivity (Wildman–Crippen MR) is 108 cm³/mol. The molecule has 0 fully saturated rings. The molecule has 0 aliphatic rings. The highest BCUT2D eigenvalue weighted by molar-refractivity contribution is 6.44. The number of carbonyl (C=O) groups is 2. The molecule has 2 amide bonds. The molecule has 2 rings (SSSR count). The lowest BCUT2D eigenvalue weighted by Crippen LogP contribution is -2.30. The van der Waals surface area contributed by atoms with Crippen LogP contribution in [0.4, 0.5) is 11.4 Å². The highest BCUT2D eigenvalue weighted by Crippen LogP contribution is 2.29. The third-order valence-corrected chi connectivity index (χ3v) is 4.54. The Morgan fingerprint density at radius 1 is 0.692 bits per heavy atom. The van der Waals surface area contributed by atoms with Crippen LogP contribution in [0.3, 0.4) is 0 Å². The van der Waals surface area contributed by atoms with Crippen LogP contribution < -0.4 is 10.6 Å². The number of carbonyl (C=O) groups excluding carboxylic acids is 2. The number of aryl methyl sites for hydroxylation is 2. The van der Waals surface area contributed by atoms with Crippen LogP contribution in [0.15, 0.2) is 36.4 Å². The van der Waals surface area contributed by atoms with Crippen molar-refractivity contribution in [2.75, 3.05) is 10.6 Å². The van der Waals surface area contributed by atoms with Gasteiger partial charge in [0.15, 0.2) is 0 Å². The lowest BCUT2D eigenvalue weighted by Gasteiger charge is -2.18. The van der Waals surface area contributed by atoms with E-state index in [2.05, 4.69) is 38.3 Å². The molecule has 2 aromatic carbocycles.